The van der Waals surface area contributed by atoms with Crippen molar-refractivity contribution >= 4 is 36.4 Å². The summed E-state index contributed by atoms with van der Waals surface area (Å²) in [6.07, 6.45) is 0.687. The average molecular weight is 435 g/mol. The molecule has 0 heterocycles. The van der Waals surface area contributed by atoms with Crippen LogP contribution in [-0.2, 0) is 19.1 Å². The van der Waals surface area contributed by atoms with Gasteiger partial charge in [0.1, 0.15) is 23.8 Å². The summed E-state index contributed by atoms with van der Waals surface area (Å²) in [7, 11) is 0. The molecule has 1 aromatic rings. The normalized spacial score (nSPS) is 14.2. The summed E-state index contributed by atoms with van der Waals surface area (Å²) >= 11 is 0. The van der Waals surface area contributed by atoms with Crippen LogP contribution in [0.15, 0.2) is 29.4 Å². The van der Waals surface area contributed by atoms with Crippen molar-refractivity contribution in [3.8, 4) is 0 Å². The van der Waals surface area contributed by atoms with Gasteiger partial charge in [0.25, 0.3) is 0 Å². The third-order valence-electron chi connectivity index (χ3n) is 3.72. The number of rotatable bonds is 9. The highest BCUT2D eigenvalue weighted by Crippen LogP contribution is 2.20. The van der Waals surface area contributed by atoms with E-state index in [9.17, 15) is 29.1 Å². The lowest BCUT2D eigenvalue weighted by Crippen LogP contribution is -2.48. The number of Topliss-reactive ketones (excluding diaryl/α,β-unsaturated/α-hetero) is 1. The number of carbonyl (C=O) groups is 5. The van der Waals surface area contributed by atoms with E-state index in [1.807, 2.05) is 0 Å². The highest BCUT2D eigenvalue weighted by atomic mass is 16.6. The van der Waals surface area contributed by atoms with Crippen LogP contribution in [0.25, 0.3) is 0 Å². The van der Waals surface area contributed by atoms with E-state index in [2.05, 4.69) is 15.8 Å². The molecule has 7 N–H and O–H groups in total. The Labute approximate surface area is 178 Å². The van der Waals surface area contributed by atoms with Gasteiger partial charge in [-0.3, -0.25) is 9.59 Å². The number of urea groups is 1. The van der Waals surface area contributed by atoms with Crippen molar-refractivity contribution in [2.45, 2.75) is 38.5 Å². The minimum Gasteiger partial charge on any atom is -0.481 e. The van der Waals surface area contributed by atoms with Gasteiger partial charge in [0, 0.05) is 0 Å². The van der Waals surface area contributed by atoms with Crippen LogP contribution in [0.2, 0.25) is 0 Å². The minimum absolute atomic E-state index is 0.134. The lowest BCUT2D eigenvalue weighted by Gasteiger charge is -2.22. The highest BCUT2D eigenvalue weighted by molar-refractivity contribution is 6.05. The van der Waals surface area contributed by atoms with E-state index >= 15 is 0 Å². The number of amides is 3. The number of ether oxygens (including phenoxy) is 1. The second-order valence-corrected chi connectivity index (χ2v) is 7.41. The Morgan fingerprint density at radius 2 is 1.74 bits per heavy atom. The topological polar surface area (TPSA) is 203 Å². The maximum absolute atomic E-state index is 12.7. The summed E-state index contributed by atoms with van der Waals surface area (Å²) in [4.78, 5) is 57.9. The smallest absolute Gasteiger partial charge is 0.428 e. The van der Waals surface area contributed by atoms with Crippen LogP contribution in [0, 0.1) is 5.92 Å². The van der Waals surface area contributed by atoms with Crippen LogP contribution in [0.5, 0.6) is 0 Å². The number of ketones is 1. The number of hydrogen-bond acceptors (Lipinski definition) is 8. The standard InChI is InChI=1S/C19H25N5O7/c1-19(2,3)31-18(30)24-22-8-10-4-6-11(7-5-10)14(23-17(21)29)15(26)13(16(27)28)12(20)9-25/h4-9,12-14H,20H2,1-3H3,(H,24,30)(H,27,28)(H3,21,23,29)/t12-,13?,14?/m1/s1. The van der Waals surface area contributed by atoms with E-state index in [-0.39, 0.29) is 11.8 Å². The first kappa shape index (κ1) is 25.2. The molecule has 31 heavy (non-hydrogen) atoms. The van der Waals surface area contributed by atoms with E-state index in [1.54, 1.807) is 20.8 Å². The molecule has 0 saturated carbocycles. The fraction of sp³-hybridized carbons (Fsp3) is 0.368. The summed E-state index contributed by atoms with van der Waals surface area (Å²) in [5.41, 5.74) is 12.7. The first-order chi connectivity index (χ1) is 14.4. The molecule has 3 atom stereocenters. The maximum Gasteiger partial charge on any atom is 0.428 e. The number of aliphatic carboxylic acids is 1. The highest BCUT2D eigenvalue weighted by Gasteiger charge is 2.38. The molecule has 2 unspecified atom stereocenters. The average Bonchev–Trinajstić information content (AvgIpc) is 2.64. The zero-order valence-corrected chi connectivity index (χ0v) is 17.2. The molecule has 0 aliphatic heterocycles. The molecule has 12 nitrogen and oxygen atoms in total. The van der Waals surface area contributed by atoms with E-state index < -0.39 is 47.5 Å². The molecule has 0 saturated heterocycles. The largest absolute Gasteiger partial charge is 0.481 e. The molecule has 12 heteroatoms. The summed E-state index contributed by atoms with van der Waals surface area (Å²) in [5, 5.41) is 15.2. The van der Waals surface area contributed by atoms with Crippen molar-refractivity contribution in [3.63, 3.8) is 0 Å². The van der Waals surface area contributed by atoms with Crippen molar-refractivity contribution in [2.24, 2.45) is 22.5 Å². The number of primary amides is 1. The number of nitrogens with zero attached hydrogens (tertiary/aromatic N) is 1. The molecule has 168 valence electrons. The van der Waals surface area contributed by atoms with Crippen LogP contribution < -0.4 is 22.2 Å². The van der Waals surface area contributed by atoms with Crippen molar-refractivity contribution in [1.29, 1.82) is 0 Å². The molecule has 0 aromatic heterocycles. The Morgan fingerprint density at radius 3 is 2.19 bits per heavy atom. The number of carboxylic acids is 1. The Balaban J connectivity index is 3.02. The molecular weight excluding hydrogens is 410 g/mol. The fourth-order valence-corrected chi connectivity index (χ4v) is 2.43. The van der Waals surface area contributed by atoms with E-state index in [1.165, 1.54) is 30.5 Å². The number of aldehydes is 1. The molecule has 0 radical (unpaired) electrons. The lowest BCUT2D eigenvalue weighted by atomic mass is 9.88. The number of carbonyl (C=O) groups excluding carboxylic acids is 4. The Morgan fingerprint density at radius 1 is 1.16 bits per heavy atom. The number of nitrogens with two attached hydrogens (primary N) is 2. The van der Waals surface area contributed by atoms with Crippen LogP contribution in [0.4, 0.5) is 9.59 Å². The zero-order chi connectivity index (χ0) is 23.8. The number of benzene rings is 1. The lowest BCUT2D eigenvalue weighted by molar-refractivity contribution is -0.148. The summed E-state index contributed by atoms with van der Waals surface area (Å²) in [5.74, 6) is -4.51. The molecule has 0 fully saturated rings. The van der Waals surface area contributed by atoms with E-state index in [4.69, 9.17) is 16.2 Å². The van der Waals surface area contributed by atoms with Gasteiger partial charge in [-0.25, -0.2) is 15.0 Å². The van der Waals surface area contributed by atoms with E-state index in [0.29, 0.717) is 5.56 Å². The predicted octanol–water partition coefficient (Wildman–Crippen LogP) is 0.0507. The second kappa shape index (κ2) is 10.8. The van der Waals surface area contributed by atoms with Gasteiger partial charge >= 0.3 is 18.1 Å². The third-order valence-corrected chi connectivity index (χ3v) is 3.72. The van der Waals surface area contributed by atoms with Gasteiger partial charge in [-0.2, -0.15) is 5.10 Å². The van der Waals surface area contributed by atoms with Crippen molar-refractivity contribution in [1.82, 2.24) is 10.7 Å². The molecule has 1 aromatic carbocycles. The predicted molar refractivity (Wildman–Crippen MR) is 109 cm³/mol. The van der Waals surface area contributed by atoms with Gasteiger partial charge in [-0.1, -0.05) is 24.3 Å². The molecule has 0 aliphatic carbocycles. The van der Waals surface area contributed by atoms with Crippen LogP contribution >= 0.6 is 0 Å². The van der Waals surface area contributed by atoms with E-state index in [0.717, 1.165) is 0 Å². The maximum atomic E-state index is 12.7. The number of nitrogens with one attached hydrogen (secondary N) is 2. The van der Waals surface area contributed by atoms with Crippen LogP contribution in [0.1, 0.15) is 37.9 Å². The first-order valence-electron chi connectivity index (χ1n) is 9.01. The molecule has 0 spiro atoms. The number of hydrogen-bond donors (Lipinski definition) is 5. The van der Waals surface area contributed by atoms with Crippen molar-refractivity contribution in [2.75, 3.05) is 0 Å². The Kier molecular flexibility index (Phi) is 8.81. The molecular formula is C19H25N5O7. The minimum atomic E-state index is -1.88. The summed E-state index contributed by atoms with van der Waals surface area (Å²) in [6, 6.07) is 1.69. The van der Waals surface area contributed by atoms with Gasteiger partial charge < -0.3 is 31.4 Å². The fourth-order valence-electron chi connectivity index (χ4n) is 2.43. The van der Waals surface area contributed by atoms with Crippen molar-refractivity contribution < 1.29 is 33.8 Å². The quantitative estimate of drug-likeness (QED) is 0.155. The first-order valence-corrected chi connectivity index (χ1v) is 9.01. The Hall–Kier alpha value is -3.80. The second-order valence-electron chi connectivity index (χ2n) is 7.41. The van der Waals surface area contributed by atoms with Gasteiger partial charge in [0.2, 0.25) is 0 Å². The van der Waals surface area contributed by atoms with Gasteiger partial charge in [0.05, 0.1) is 12.3 Å². The summed E-state index contributed by atoms with van der Waals surface area (Å²) in [6.45, 7) is 5.09. The monoisotopic (exact) mass is 435 g/mol. The molecule has 0 bridgehead atoms. The van der Waals surface area contributed by atoms with Crippen molar-refractivity contribution in [3.05, 3.63) is 35.4 Å². The van der Waals surface area contributed by atoms with Crippen LogP contribution in [-0.4, -0.2) is 53.1 Å². The Bertz CT molecular complexity index is 861. The zero-order valence-electron chi connectivity index (χ0n) is 17.2. The van der Waals surface area contributed by atoms with Gasteiger partial charge in [0.15, 0.2) is 5.78 Å². The number of hydrazone groups is 1. The van der Waals surface area contributed by atoms with Gasteiger partial charge in [-0.05, 0) is 31.9 Å². The number of carboxylic acid groups (broad SMARTS) is 1. The van der Waals surface area contributed by atoms with Crippen LogP contribution in [0.3, 0.4) is 0 Å². The third kappa shape index (κ3) is 8.22. The molecule has 0 aliphatic rings. The SMILES string of the molecule is CC(C)(C)OC(=O)NN=Cc1ccc(C(NC(N)=O)C(=O)C(C(=O)O)[C@H](N)C=O)cc1. The molecule has 3 amide bonds. The molecule has 1 rings (SSSR count). The van der Waals surface area contributed by atoms with Gasteiger partial charge in [-0.15, -0.1) is 0 Å². The summed E-state index contributed by atoms with van der Waals surface area (Å²) < 4.78 is 5.02.